The lowest BCUT2D eigenvalue weighted by Gasteiger charge is -2.19. The minimum atomic E-state index is -4.42. The zero-order valence-corrected chi connectivity index (χ0v) is 16.3. The van der Waals surface area contributed by atoms with Gasteiger partial charge in [0.1, 0.15) is 6.61 Å². The van der Waals surface area contributed by atoms with Gasteiger partial charge in [0.05, 0.1) is 5.56 Å². The standard InChI is InChI=1S/C22H25F3N2O2/c1-27-12-5-8-18(27)11-13-29-15-21(28)26-20-10-3-2-9-19(20)16-6-4-7-17(14-16)22(23,24)25/h2-4,6-7,9-10,14,18H,5,8,11-13,15H2,1H3,(H,26,28). The van der Waals surface area contributed by atoms with Crippen LogP contribution in [0.25, 0.3) is 11.1 Å². The SMILES string of the molecule is CN1CCCC1CCOCC(=O)Nc1ccccc1-c1cccc(C(F)(F)F)c1. The van der Waals surface area contributed by atoms with Crippen molar-refractivity contribution in [3.63, 3.8) is 0 Å². The van der Waals surface area contributed by atoms with Crippen molar-refractivity contribution in [2.75, 3.05) is 32.1 Å². The summed E-state index contributed by atoms with van der Waals surface area (Å²) in [5, 5.41) is 2.75. The highest BCUT2D eigenvalue weighted by atomic mass is 19.4. The molecule has 2 aromatic rings. The molecule has 1 heterocycles. The maximum Gasteiger partial charge on any atom is 0.416 e. The van der Waals surface area contributed by atoms with Gasteiger partial charge in [0, 0.05) is 23.9 Å². The lowest BCUT2D eigenvalue weighted by Crippen LogP contribution is -2.27. The van der Waals surface area contributed by atoms with Crippen LogP contribution in [0.3, 0.4) is 0 Å². The molecule has 1 amide bonds. The van der Waals surface area contributed by atoms with E-state index in [2.05, 4.69) is 17.3 Å². The zero-order chi connectivity index (χ0) is 20.9. The number of likely N-dealkylation sites (tertiary alicyclic amines) is 1. The van der Waals surface area contributed by atoms with E-state index in [-0.39, 0.29) is 12.5 Å². The molecule has 1 unspecified atom stereocenters. The highest BCUT2D eigenvalue weighted by molar-refractivity contribution is 5.96. The number of benzene rings is 2. The summed E-state index contributed by atoms with van der Waals surface area (Å²) in [5.41, 5.74) is 0.646. The molecule has 1 fully saturated rings. The van der Waals surface area contributed by atoms with E-state index in [4.69, 9.17) is 4.74 Å². The number of hydrogen-bond donors (Lipinski definition) is 1. The van der Waals surface area contributed by atoms with Gasteiger partial charge in [0.25, 0.3) is 0 Å². The van der Waals surface area contributed by atoms with Crippen LogP contribution in [0, 0.1) is 0 Å². The van der Waals surface area contributed by atoms with E-state index in [1.165, 1.54) is 12.5 Å². The Labute approximate surface area is 168 Å². The third-order valence-corrected chi connectivity index (χ3v) is 5.20. The second-order valence-electron chi connectivity index (χ2n) is 7.29. The minimum Gasteiger partial charge on any atom is -0.372 e. The van der Waals surface area contributed by atoms with E-state index in [1.54, 1.807) is 30.3 Å². The first kappa shape index (κ1) is 21.3. The second-order valence-corrected chi connectivity index (χ2v) is 7.29. The summed E-state index contributed by atoms with van der Waals surface area (Å²) in [6, 6.07) is 12.4. The lowest BCUT2D eigenvalue weighted by atomic mass is 10.0. The molecule has 1 atom stereocenters. The second kappa shape index (κ2) is 9.41. The number of nitrogens with one attached hydrogen (secondary N) is 1. The van der Waals surface area contributed by atoms with E-state index >= 15 is 0 Å². The molecule has 0 saturated carbocycles. The van der Waals surface area contributed by atoms with Crippen LogP contribution >= 0.6 is 0 Å². The quantitative estimate of drug-likeness (QED) is 0.671. The Morgan fingerprint density at radius 2 is 2.00 bits per heavy atom. The summed E-state index contributed by atoms with van der Waals surface area (Å²) in [7, 11) is 2.09. The third kappa shape index (κ3) is 5.81. The van der Waals surface area contributed by atoms with Gasteiger partial charge in [-0.25, -0.2) is 0 Å². The molecule has 0 aromatic heterocycles. The topological polar surface area (TPSA) is 41.6 Å². The maximum absolute atomic E-state index is 13.0. The summed E-state index contributed by atoms with van der Waals surface area (Å²) in [4.78, 5) is 14.6. The maximum atomic E-state index is 13.0. The van der Waals surface area contributed by atoms with Gasteiger partial charge in [-0.2, -0.15) is 13.2 Å². The van der Waals surface area contributed by atoms with Crippen molar-refractivity contribution in [1.29, 1.82) is 0 Å². The van der Waals surface area contributed by atoms with Gasteiger partial charge >= 0.3 is 6.18 Å². The van der Waals surface area contributed by atoms with Crippen molar-refractivity contribution in [1.82, 2.24) is 4.90 Å². The number of carbonyl (C=O) groups is 1. The molecule has 1 N–H and O–H groups in total. The Morgan fingerprint density at radius 1 is 1.21 bits per heavy atom. The number of amides is 1. The van der Waals surface area contributed by atoms with Crippen LogP contribution < -0.4 is 5.32 Å². The first-order valence-corrected chi connectivity index (χ1v) is 9.69. The van der Waals surface area contributed by atoms with Crippen LogP contribution in [-0.4, -0.2) is 43.7 Å². The molecule has 1 aliphatic heterocycles. The molecule has 1 aliphatic rings. The van der Waals surface area contributed by atoms with Gasteiger partial charge in [0.2, 0.25) is 5.91 Å². The number of para-hydroxylation sites is 1. The van der Waals surface area contributed by atoms with Crippen LogP contribution in [0.5, 0.6) is 0 Å². The average molecular weight is 406 g/mol. The fourth-order valence-corrected chi connectivity index (χ4v) is 3.62. The zero-order valence-electron chi connectivity index (χ0n) is 16.3. The summed E-state index contributed by atoms with van der Waals surface area (Å²) >= 11 is 0. The van der Waals surface area contributed by atoms with Gasteiger partial charge in [-0.3, -0.25) is 4.79 Å². The van der Waals surface area contributed by atoms with Gasteiger partial charge in [-0.05, 0) is 56.6 Å². The van der Waals surface area contributed by atoms with Crippen molar-refractivity contribution >= 4 is 11.6 Å². The van der Waals surface area contributed by atoms with Crippen molar-refractivity contribution < 1.29 is 22.7 Å². The average Bonchev–Trinajstić information content (AvgIpc) is 3.10. The number of nitrogens with zero attached hydrogens (tertiary/aromatic N) is 1. The van der Waals surface area contributed by atoms with Gasteiger partial charge in [-0.1, -0.05) is 30.3 Å². The third-order valence-electron chi connectivity index (χ3n) is 5.20. The number of carbonyl (C=O) groups excluding carboxylic acids is 1. The molecular weight excluding hydrogens is 381 g/mol. The molecule has 0 aliphatic carbocycles. The molecule has 1 saturated heterocycles. The van der Waals surface area contributed by atoms with E-state index < -0.39 is 11.7 Å². The monoisotopic (exact) mass is 406 g/mol. The Hall–Kier alpha value is -2.38. The Balaban J connectivity index is 1.60. The molecule has 3 rings (SSSR count). The van der Waals surface area contributed by atoms with E-state index in [9.17, 15) is 18.0 Å². The van der Waals surface area contributed by atoms with E-state index in [0.717, 1.165) is 31.5 Å². The summed E-state index contributed by atoms with van der Waals surface area (Å²) in [5.74, 6) is -0.329. The number of hydrogen-bond acceptors (Lipinski definition) is 3. The number of ether oxygens (including phenoxy) is 1. The van der Waals surface area contributed by atoms with E-state index in [0.29, 0.717) is 29.5 Å². The highest BCUT2D eigenvalue weighted by Crippen LogP contribution is 2.34. The Kier molecular flexibility index (Phi) is 6.92. The van der Waals surface area contributed by atoms with Crippen molar-refractivity contribution in [2.24, 2.45) is 0 Å². The van der Waals surface area contributed by atoms with Crippen LogP contribution in [0.15, 0.2) is 48.5 Å². The van der Waals surface area contributed by atoms with Crippen molar-refractivity contribution in [3.8, 4) is 11.1 Å². The predicted octanol–water partition coefficient (Wildman–Crippen LogP) is 4.81. The summed E-state index contributed by atoms with van der Waals surface area (Å²) in [6.45, 7) is 1.50. The molecule has 2 aromatic carbocycles. The normalized spacial score (nSPS) is 17.4. The molecule has 0 radical (unpaired) electrons. The van der Waals surface area contributed by atoms with Crippen LogP contribution in [0.4, 0.5) is 18.9 Å². The smallest absolute Gasteiger partial charge is 0.372 e. The van der Waals surface area contributed by atoms with Gasteiger partial charge in [0.15, 0.2) is 0 Å². The first-order chi connectivity index (χ1) is 13.8. The van der Waals surface area contributed by atoms with Crippen LogP contribution in [-0.2, 0) is 15.7 Å². The van der Waals surface area contributed by atoms with Crippen molar-refractivity contribution in [3.05, 3.63) is 54.1 Å². The Bertz CT molecular complexity index is 839. The number of rotatable bonds is 7. The number of alkyl halides is 3. The number of anilines is 1. The largest absolute Gasteiger partial charge is 0.416 e. The molecule has 0 bridgehead atoms. The highest BCUT2D eigenvalue weighted by Gasteiger charge is 2.30. The van der Waals surface area contributed by atoms with E-state index in [1.807, 2.05) is 0 Å². The van der Waals surface area contributed by atoms with Crippen LogP contribution in [0.1, 0.15) is 24.8 Å². The first-order valence-electron chi connectivity index (χ1n) is 9.69. The summed E-state index contributed by atoms with van der Waals surface area (Å²) in [6.07, 6.45) is -1.20. The predicted molar refractivity (Wildman–Crippen MR) is 107 cm³/mol. The Morgan fingerprint density at radius 3 is 2.72 bits per heavy atom. The number of halogens is 3. The fourth-order valence-electron chi connectivity index (χ4n) is 3.62. The molecule has 7 heteroatoms. The molecular formula is C22H25F3N2O2. The fraction of sp³-hybridized carbons (Fsp3) is 0.409. The van der Waals surface area contributed by atoms with Gasteiger partial charge < -0.3 is 15.0 Å². The lowest BCUT2D eigenvalue weighted by molar-refractivity contribution is -0.137. The molecule has 0 spiro atoms. The minimum absolute atomic E-state index is 0.0899. The summed E-state index contributed by atoms with van der Waals surface area (Å²) < 4.78 is 44.5. The molecule has 29 heavy (non-hydrogen) atoms. The van der Waals surface area contributed by atoms with Crippen molar-refractivity contribution in [2.45, 2.75) is 31.5 Å². The molecule has 156 valence electrons. The van der Waals surface area contributed by atoms with Crippen LogP contribution in [0.2, 0.25) is 0 Å². The van der Waals surface area contributed by atoms with Gasteiger partial charge in [-0.15, -0.1) is 0 Å². The molecule has 4 nitrogen and oxygen atoms in total.